The number of likely N-dealkylation sites (tertiary alicyclic amines) is 1. The Hall–Kier alpha value is -4.66. The number of benzene rings is 3. The number of nitriles is 1. The number of rotatable bonds is 16. The second-order valence-electron chi connectivity index (χ2n) is 13.1. The van der Waals surface area contributed by atoms with E-state index in [4.69, 9.17) is 25.8 Å². The first kappa shape index (κ1) is 37.6. The summed E-state index contributed by atoms with van der Waals surface area (Å²) in [6.45, 7) is 9.62. The Morgan fingerprint density at radius 2 is 1.76 bits per heavy atom. The Kier molecular flexibility index (Phi) is 12.9. The largest absolute Gasteiger partial charge is 0.493 e. The number of halogens is 1. The van der Waals surface area contributed by atoms with Gasteiger partial charge in [0.05, 0.1) is 23.3 Å². The van der Waals surface area contributed by atoms with Crippen molar-refractivity contribution in [3.8, 4) is 34.4 Å². The van der Waals surface area contributed by atoms with Crippen LogP contribution in [0.5, 0.6) is 17.2 Å². The van der Waals surface area contributed by atoms with Crippen LogP contribution in [0.15, 0.2) is 67.0 Å². The maximum Gasteiger partial charge on any atom is 0.320 e. The standard InChI is InChI=1S/C40H45ClN4O6/c1-26-31(8-5-9-34(26)35-10-6-11-37(27(35)2)49-15-7-13-45-14-12-33(46)23-45)25-51-39-18-38(50-24-30-16-29(19-42)20-43-21-30)32(17-36(39)41)22-44(4)28(3)40(47)48/h5-6,8-11,16-18,20-21,28,33,46H,7,12-15,22-25H2,1-4H3,(H,47,48)/t28-,33+/m0/s1. The predicted octanol–water partition coefficient (Wildman–Crippen LogP) is 6.79. The lowest BCUT2D eigenvalue weighted by Gasteiger charge is -2.23. The molecular weight excluding hydrogens is 668 g/mol. The highest BCUT2D eigenvalue weighted by Gasteiger charge is 2.21. The molecule has 51 heavy (non-hydrogen) atoms. The molecule has 1 fully saturated rings. The summed E-state index contributed by atoms with van der Waals surface area (Å²) in [5.74, 6) is 0.825. The highest BCUT2D eigenvalue weighted by atomic mass is 35.5. The van der Waals surface area contributed by atoms with Gasteiger partial charge in [-0.25, -0.2) is 0 Å². The van der Waals surface area contributed by atoms with Crippen LogP contribution < -0.4 is 14.2 Å². The summed E-state index contributed by atoms with van der Waals surface area (Å²) in [4.78, 5) is 19.7. The molecule has 1 saturated heterocycles. The maximum absolute atomic E-state index is 11.6. The van der Waals surface area contributed by atoms with E-state index in [0.29, 0.717) is 39.8 Å². The van der Waals surface area contributed by atoms with Gasteiger partial charge < -0.3 is 29.3 Å². The number of ether oxygens (including phenoxy) is 3. The number of carboxylic acids is 1. The number of aromatic nitrogens is 1. The first-order valence-electron chi connectivity index (χ1n) is 17.1. The predicted molar refractivity (Wildman–Crippen MR) is 196 cm³/mol. The fourth-order valence-electron chi connectivity index (χ4n) is 6.16. The van der Waals surface area contributed by atoms with Gasteiger partial charge in [-0.1, -0.05) is 41.9 Å². The van der Waals surface area contributed by atoms with E-state index in [1.54, 1.807) is 43.3 Å². The number of likely N-dealkylation sites (N-methyl/N-ethyl adjacent to an activating group) is 1. The fourth-order valence-corrected chi connectivity index (χ4v) is 6.40. The SMILES string of the molecule is Cc1c(COc2cc(OCc3cncc(C#N)c3)c(CN(C)[C@@H](C)C(=O)O)cc2Cl)cccc1-c1cccc(OCCCN2CC[C@@H](O)C2)c1C. The smallest absolute Gasteiger partial charge is 0.320 e. The van der Waals surface area contributed by atoms with Crippen molar-refractivity contribution in [1.29, 1.82) is 5.26 Å². The Labute approximate surface area is 304 Å². The summed E-state index contributed by atoms with van der Waals surface area (Å²) in [6, 6.07) is 18.8. The summed E-state index contributed by atoms with van der Waals surface area (Å²) in [5.41, 5.74) is 7.12. The summed E-state index contributed by atoms with van der Waals surface area (Å²) >= 11 is 6.76. The minimum Gasteiger partial charge on any atom is -0.493 e. The van der Waals surface area contributed by atoms with Gasteiger partial charge in [0.2, 0.25) is 0 Å². The minimum atomic E-state index is -0.937. The van der Waals surface area contributed by atoms with E-state index in [-0.39, 0.29) is 25.9 Å². The second-order valence-corrected chi connectivity index (χ2v) is 13.5. The molecule has 4 aromatic rings. The Bertz CT molecular complexity index is 1880. The van der Waals surface area contributed by atoms with Crippen LogP contribution in [0.4, 0.5) is 0 Å². The molecule has 268 valence electrons. The lowest BCUT2D eigenvalue weighted by Crippen LogP contribution is -2.35. The van der Waals surface area contributed by atoms with Crippen LogP contribution in [0.25, 0.3) is 11.1 Å². The molecule has 0 radical (unpaired) electrons. The number of β-amino-alcohol motifs (C(OH)–C–C–N with tert-alkyl or cyclic N) is 1. The van der Waals surface area contributed by atoms with E-state index in [2.05, 4.69) is 41.9 Å². The van der Waals surface area contributed by atoms with Crippen molar-refractivity contribution in [2.45, 2.75) is 65.5 Å². The van der Waals surface area contributed by atoms with E-state index in [9.17, 15) is 20.3 Å². The first-order chi connectivity index (χ1) is 24.5. The van der Waals surface area contributed by atoms with E-state index >= 15 is 0 Å². The number of carboxylic acid groups (broad SMARTS) is 1. The van der Waals surface area contributed by atoms with Crippen molar-refractivity contribution in [3.05, 3.63) is 105 Å². The number of nitrogens with zero attached hydrogens (tertiary/aromatic N) is 4. The van der Waals surface area contributed by atoms with Crippen molar-refractivity contribution >= 4 is 17.6 Å². The van der Waals surface area contributed by atoms with Crippen LogP contribution in [0.3, 0.4) is 0 Å². The number of pyridine rings is 1. The highest BCUT2D eigenvalue weighted by molar-refractivity contribution is 6.32. The van der Waals surface area contributed by atoms with Crippen LogP contribution in [0.1, 0.15) is 53.1 Å². The molecule has 1 aliphatic rings. The van der Waals surface area contributed by atoms with Crippen LogP contribution >= 0.6 is 11.6 Å². The van der Waals surface area contributed by atoms with Gasteiger partial charge in [0, 0.05) is 55.8 Å². The minimum absolute atomic E-state index is 0.140. The van der Waals surface area contributed by atoms with Crippen molar-refractivity contribution in [2.24, 2.45) is 0 Å². The third-order valence-electron chi connectivity index (χ3n) is 9.40. The molecule has 11 heteroatoms. The Morgan fingerprint density at radius 1 is 1.02 bits per heavy atom. The van der Waals surface area contributed by atoms with Gasteiger partial charge >= 0.3 is 5.97 Å². The molecule has 0 unspecified atom stereocenters. The molecular formula is C40H45ClN4O6. The van der Waals surface area contributed by atoms with Crippen LogP contribution in [0.2, 0.25) is 5.02 Å². The number of hydrogen-bond donors (Lipinski definition) is 2. The van der Waals surface area contributed by atoms with Gasteiger partial charge in [-0.3, -0.25) is 14.7 Å². The molecule has 0 spiro atoms. The Morgan fingerprint density at radius 3 is 2.49 bits per heavy atom. The number of carbonyl (C=O) groups is 1. The zero-order valence-corrected chi connectivity index (χ0v) is 30.3. The van der Waals surface area contributed by atoms with E-state index in [1.807, 2.05) is 24.3 Å². The number of hydrogen-bond acceptors (Lipinski definition) is 9. The fraction of sp³-hybridized carbons (Fsp3) is 0.375. The van der Waals surface area contributed by atoms with Gasteiger partial charge in [-0.2, -0.15) is 5.26 Å². The lowest BCUT2D eigenvalue weighted by atomic mass is 9.93. The van der Waals surface area contributed by atoms with Crippen molar-refractivity contribution in [3.63, 3.8) is 0 Å². The summed E-state index contributed by atoms with van der Waals surface area (Å²) < 4.78 is 18.7. The summed E-state index contributed by atoms with van der Waals surface area (Å²) in [6.07, 6.45) is 4.64. The molecule has 1 aliphatic heterocycles. The zero-order valence-electron chi connectivity index (χ0n) is 29.6. The van der Waals surface area contributed by atoms with Gasteiger partial charge in [0.15, 0.2) is 0 Å². The third kappa shape index (κ3) is 9.78. The summed E-state index contributed by atoms with van der Waals surface area (Å²) in [5, 5.41) is 29.0. The van der Waals surface area contributed by atoms with Gasteiger partial charge in [-0.15, -0.1) is 0 Å². The van der Waals surface area contributed by atoms with Gasteiger partial charge in [0.1, 0.15) is 42.6 Å². The molecule has 0 amide bonds. The zero-order chi connectivity index (χ0) is 36.5. The molecule has 3 aromatic carbocycles. The quantitative estimate of drug-likeness (QED) is 0.120. The normalized spacial score (nSPS) is 15.1. The molecule has 5 rings (SSSR count). The number of aliphatic carboxylic acids is 1. The molecule has 10 nitrogen and oxygen atoms in total. The van der Waals surface area contributed by atoms with E-state index in [0.717, 1.165) is 66.0 Å². The molecule has 0 saturated carbocycles. The first-order valence-corrected chi connectivity index (χ1v) is 17.5. The van der Waals surface area contributed by atoms with E-state index < -0.39 is 12.0 Å². The average molecular weight is 713 g/mol. The molecule has 2 atom stereocenters. The Balaban J connectivity index is 1.32. The highest BCUT2D eigenvalue weighted by Crippen LogP contribution is 2.37. The second kappa shape index (κ2) is 17.5. The van der Waals surface area contributed by atoms with Crippen molar-refractivity contribution < 1.29 is 29.2 Å². The number of aliphatic hydroxyl groups excluding tert-OH is 1. The number of aliphatic hydroxyl groups is 1. The third-order valence-corrected chi connectivity index (χ3v) is 9.69. The monoisotopic (exact) mass is 712 g/mol. The maximum atomic E-state index is 11.6. The van der Waals surface area contributed by atoms with Crippen LogP contribution in [0, 0.1) is 25.2 Å². The molecule has 0 bridgehead atoms. The average Bonchev–Trinajstić information content (AvgIpc) is 3.54. The molecule has 2 heterocycles. The summed E-state index contributed by atoms with van der Waals surface area (Å²) in [7, 11) is 1.72. The van der Waals surface area contributed by atoms with E-state index in [1.165, 1.54) is 6.20 Å². The topological polar surface area (TPSA) is 128 Å². The molecule has 2 N–H and O–H groups in total. The van der Waals surface area contributed by atoms with Gasteiger partial charge in [-0.05, 0) is 86.7 Å². The van der Waals surface area contributed by atoms with Crippen molar-refractivity contribution in [1.82, 2.24) is 14.8 Å². The molecule has 1 aromatic heterocycles. The van der Waals surface area contributed by atoms with Crippen LogP contribution in [-0.4, -0.2) is 76.4 Å². The van der Waals surface area contributed by atoms with Crippen LogP contribution in [-0.2, 0) is 24.6 Å². The van der Waals surface area contributed by atoms with Crippen molar-refractivity contribution in [2.75, 3.05) is 33.3 Å². The molecule has 0 aliphatic carbocycles. The lowest BCUT2D eigenvalue weighted by molar-refractivity contribution is -0.142. The van der Waals surface area contributed by atoms with Gasteiger partial charge in [0.25, 0.3) is 0 Å².